The highest BCUT2D eigenvalue weighted by molar-refractivity contribution is 6.64. The predicted octanol–water partition coefficient (Wildman–Crippen LogP) is 3.08. The molecule has 0 rings (SSSR count). The van der Waals surface area contributed by atoms with Crippen molar-refractivity contribution in [3.63, 3.8) is 0 Å². The first kappa shape index (κ1) is 15.1. The Morgan fingerprint density at radius 3 is 1.73 bits per heavy atom. The van der Waals surface area contributed by atoms with Gasteiger partial charge in [-0.25, -0.2) is 0 Å². The molecule has 0 aliphatic heterocycles. The van der Waals surface area contributed by atoms with Crippen LogP contribution in [-0.2, 0) is 13.3 Å². The Kier molecular flexibility index (Phi) is 6.03. The second kappa shape index (κ2) is 5.99. The SMILES string of the molecule is CCCC(C)C(C)(C)[Si](OC)(OC)OC. The second-order valence-corrected chi connectivity index (χ2v) is 8.21. The topological polar surface area (TPSA) is 27.7 Å². The van der Waals surface area contributed by atoms with Crippen molar-refractivity contribution >= 4 is 8.80 Å². The summed E-state index contributed by atoms with van der Waals surface area (Å²) in [6.07, 6.45) is 2.34. The first-order chi connectivity index (χ1) is 6.91. The molecule has 0 saturated heterocycles. The number of rotatable bonds is 7. The summed E-state index contributed by atoms with van der Waals surface area (Å²) in [4.78, 5) is 0. The largest absolute Gasteiger partial charge is 0.506 e. The van der Waals surface area contributed by atoms with Crippen LogP contribution in [0.2, 0.25) is 5.04 Å². The Bertz CT molecular complexity index is 170. The molecule has 0 spiro atoms. The molecule has 0 amide bonds. The van der Waals surface area contributed by atoms with E-state index >= 15 is 0 Å². The van der Waals surface area contributed by atoms with E-state index in [9.17, 15) is 0 Å². The van der Waals surface area contributed by atoms with Gasteiger partial charge in [-0.2, -0.15) is 0 Å². The van der Waals surface area contributed by atoms with E-state index in [1.807, 2.05) is 0 Å². The van der Waals surface area contributed by atoms with E-state index in [-0.39, 0.29) is 5.04 Å². The monoisotopic (exact) mass is 234 g/mol. The van der Waals surface area contributed by atoms with Crippen molar-refractivity contribution in [2.45, 2.75) is 45.6 Å². The average Bonchev–Trinajstić information content (AvgIpc) is 2.21. The molecule has 0 radical (unpaired) electrons. The Hall–Kier alpha value is 0.0969. The van der Waals surface area contributed by atoms with Gasteiger partial charge >= 0.3 is 8.80 Å². The van der Waals surface area contributed by atoms with Crippen LogP contribution in [-0.4, -0.2) is 30.1 Å². The third-order valence-electron chi connectivity index (χ3n) is 3.55. The minimum Gasteiger partial charge on any atom is -0.377 e. The molecule has 4 heteroatoms. The lowest BCUT2D eigenvalue weighted by molar-refractivity contribution is 0.0808. The molecule has 0 heterocycles. The first-order valence-corrected chi connectivity index (χ1v) is 7.29. The minimum absolute atomic E-state index is 0.0543. The van der Waals surface area contributed by atoms with Crippen molar-refractivity contribution < 1.29 is 13.3 Å². The van der Waals surface area contributed by atoms with Crippen LogP contribution >= 0.6 is 0 Å². The molecule has 0 N–H and O–H groups in total. The Labute approximate surface area is 95.5 Å². The summed E-state index contributed by atoms with van der Waals surface area (Å²) in [6.45, 7) is 8.79. The summed E-state index contributed by atoms with van der Waals surface area (Å²) in [6, 6.07) is 0. The van der Waals surface area contributed by atoms with Crippen molar-refractivity contribution in [3.8, 4) is 0 Å². The summed E-state index contributed by atoms with van der Waals surface area (Å²) in [5.41, 5.74) is 0. The quantitative estimate of drug-likeness (QED) is 0.634. The standard InChI is InChI=1S/C11H26O3Si/c1-8-9-10(2)11(3,4)15(12-5,13-6)14-7/h10H,8-9H2,1-7H3. The van der Waals surface area contributed by atoms with Crippen molar-refractivity contribution in [2.24, 2.45) is 5.92 Å². The Morgan fingerprint density at radius 2 is 1.47 bits per heavy atom. The third kappa shape index (κ3) is 2.81. The molecule has 0 aliphatic rings. The van der Waals surface area contributed by atoms with Crippen LogP contribution in [0, 0.1) is 5.92 Å². The highest BCUT2D eigenvalue weighted by Crippen LogP contribution is 2.46. The molecule has 0 aromatic carbocycles. The van der Waals surface area contributed by atoms with E-state index in [0.29, 0.717) is 5.92 Å². The first-order valence-electron chi connectivity index (χ1n) is 5.57. The van der Waals surface area contributed by atoms with Gasteiger partial charge in [0.05, 0.1) is 0 Å². The van der Waals surface area contributed by atoms with Crippen LogP contribution in [0.15, 0.2) is 0 Å². The van der Waals surface area contributed by atoms with Crippen LogP contribution in [0.3, 0.4) is 0 Å². The van der Waals surface area contributed by atoms with Crippen LogP contribution in [0.25, 0.3) is 0 Å². The zero-order valence-electron chi connectivity index (χ0n) is 11.2. The highest BCUT2D eigenvalue weighted by Gasteiger charge is 2.56. The summed E-state index contributed by atoms with van der Waals surface area (Å²) >= 11 is 0. The van der Waals surface area contributed by atoms with Gasteiger partial charge in [0.15, 0.2) is 0 Å². The van der Waals surface area contributed by atoms with E-state index in [2.05, 4.69) is 27.7 Å². The van der Waals surface area contributed by atoms with E-state index in [1.54, 1.807) is 21.3 Å². The van der Waals surface area contributed by atoms with E-state index < -0.39 is 8.80 Å². The molecule has 92 valence electrons. The van der Waals surface area contributed by atoms with E-state index in [1.165, 1.54) is 6.42 Å². The van der Waals surface area contributed by atoms with Gasteiger partial charge in [0.1, 0.15) is 0 Å². The van der Waals surface area contributed by atoms with Crippen molar-refractivity contribution in [1.29, 1.82) is 0 Å². The highest BCUT2D eigenvalue weighted by atomic mass is 28.4. The molecule has 3 nitrogen and oxygen atoms in total. The number of hydrogen-bond acceptors (Lipinski definition) is 3. The van der Waals surface area contributed by atoms with E-state index in [0.717, 1.165) is 6.42 Å². The zero-order valence-corrected chi connectivity index (χ0v) is 12.2. The van der Waals surface area contributed by atoms with Crippen LogP contribution < -0.4 is 0 Å². The lowest BCUT2D eigenvalue weighted by Crippen LogP contribution is -2.54. The number of hydrogen-bond donors (Lipinski definition) is 0. The lowest BCUT2D eigenvalue weighted by Gasteiger charge is -2.42. The van der Waals surface area contributed by atoms with Gasteiger partial charge in [0.2, 0.25) is 0 Å². The average molecular weight is 234 g/mol. The molecular formula is C11H26O3Si. The fourth-order valence-corrected chi connectivity index (χ4v) is 4.96. The van der Waals surface area contributed by atoms with Crippen molar-refractivity contribution in [1.82, 2.24) is 0 Å². The minimum atomic E-state index is -2.55. The van der Waals surface area contributed by atoms with Gasteiger partial charge < -0.3 is 13.3 Å². The molecule has 0 bridgehead atoms. The van der Waals surface area contributed by atoms with Gasteiger partial charge in [0, 0.05) is 26.4 Å². The Balaban J connectivity index is 4.92. The van der Waals surface area contributed by atoms with Crippen LogP contribution in [0.4, 0.5) is 0 Å². The van der Waals surface area contributed by atoms with Crippen LogP contribution in [0.5, 0.6) is 0 Å². The molecule has 0 saturated carbocycles. The van der Waals surface area contributed by atoms with Crippen molar-refractivity contribution in [2.75, 3.05) is 21.3 Å². The van der Waals surface area contributed by atoms with Gasteiger partial charge in [0.25, 0.3) is 0 Å². The third-order valence-corrected chi connectivity index (χ3v) is 7.23. The normalized spacial score (nSPS) is 15.4. The molecule has 15 heavy (non-hydrogen) atoms. The smallest absolute Gasteiger partial charge is 0.377 e. The van der Waals surface area contributed by atoms with Gasteiger partial charge in [-0.3, -0.25) is 0 Å². The zero-order chi connectivity index (χ0) is 12.1. The maximum atomic E-state index is 5.56. The maximum Gasteiger partial charge on any atom is 0.506 e. The lowest BCUT2D eigenvalue weighted by atomic mass is 9.92. The predicted molar refractivity (Wildman–Crippen MR) is 64.9 cm³/mol. The second-order valence-electron chi connectivity index (χ2n) is 4.58. The molecule has 0 aromatic rings. The molecule has 0 aromatic heterocycles. The summed E-state index contributed by atoms with van der Waals surface area (Å²) in [7, 11) is 2.50. The van der Waals surface area contributed by atoms with Crippen LogP contribution in [0.1, 0.15) is 40.5 Å². The molecule has 0 aliphatic carbocycles. The van der Waals surface area contributed by atoms with Crippen molar-refractivity contribution in [3.05, 3.63) is 0 Å². The van der Waals surface area contributed by atoms with Gasteiger partial charge in [-0.15, -0.1) is 0 Å². The Morgan fingerprint density at radius 1 is 1.07 bits per heavy atom. The summed E-state index contributed by atoms with van der Waals surface area (Å²) in [5, 5.41) is -0.0543. The molecule has 0 fully saturated rings. The van der Waals surface area contributed by atoms with Gasteiger partial charge in [-0.1, -0.05) is 40.5 Å². The fourth-order valence-electron chi connectivity index (χ4n) is 2.13. The van der Waals surface area contributed by atoms with E-state index in [4.69, 9.17) is 13.3 Å². The maximum absolute atomic E-state index is 5.56. The fraction of sp³-hybridized carbons (Fsp3) is 1.00. The van der Waals surface area contributed by atoms with Gasteiger partial charge in [-0.05, 0) is 5.92 Å². The molecule has 1 unspecified atom stereocenters. The summed E-state index contributed by atoms with van der Waals surface area (Å²) < 4.78 is 16.7. The molecule has 1 atom stereocenters. The molecular weight excluding hydrogens is 208 g/mol. The summed E-state index contributed by atoms with van der Waals surface area (Å²) in [5.74, 6) is 0.522.